The molecule has 5 heteroatoms. The third-order valence-electron chi connectivity index (χ3n) is 2.25. The van der Waals surface area contributed by atoms with Crippen LogP contribution >= 0.6 is 15.9 Å². The molecular formula is C13H11BrN2O2. The maximum Gasteiger partial charge on any atom is 0.196 e. The van der Waals surface area contributed by atoms with Crippen LogP contribution in [0.1, 0.15) is 22.8 Å². The summed E-state index contributed by atoms with van der Waals surface area (Å²) in [5.74, 6) is 0.462. The van der Waals surface area contributed by atoms with Crippen molar-refractivity contribution in [3.05, 3.63) is 52.5 Å². The normalized spacial score (nSPS) is 10.1. The van der Waals surface area contributed by atoms with Crippen molar-refractivity contribution >= 4 is 21.7 Å². The van der Waals surface area contributed by atoms with Crippen molar-refractivity contribution in [1.82, 2.24) is 9.97 Å². The van der Waals surface area contributed by atoms with Crippen molar-refractivity contribution in [3.63, 3.8) is 0 Å². The Bertz CT molecular complexity index is 572. The maximum absolute atomic E-state index is 12.2. The molecule has 0 N–H and O–H groups in total. The second-order valence-corrected chi connectivity index (χ2v) is 4.48. The third kappa shape index (κ3) is 2.92. The van der Waals surface area contributed by atoms with Crippen LogP contribution in [-0.2, 0) is 0 Å². The molecule has 0 fully saturated rings. The molecule has 0 aliphatic rings. The number of rotatable bonds is 4. The van der Waals surface area contributed by atoms with E-state index in [2.05, 4.69) is 25.9 Å². The number of hydrogen-bond acceptors (Lipinski definition) is 4. The first-order valence-corrected chi connectivity index (χ1v) is 6.23. The van der Waals surface area contributed by atoms with Gasteiger partial charge in [-0.3, -0.25) is 14.8 Å². The van der Waals surface area contributed by atoms with Crippen LogP contribution in [-0.4, -0.2) is 22.4 Å². The number of pyridine rings is 2. The molecule has 0 saturated carbocycles. The van der Waals surface area contributed by atoms with Crippen LogP contribution in [0, 0.1) is 0 Å². The Labute approximate surface area is 113 Å². The molecule has 2 aromatic rings. The number of nitrogens with zero attached hydrogens (tertiary/aromatic N) is 2. The molecule has 0 aliphatic carbocycles. The minimum Gasteiger partial charge on any atom is -0.492 e. The SMILES string of the molecule is CCOc1cncc(C(=O)c2cncc(Br)c2)c1. The molecule has 0 saturated heterocycles. The van der Waals surface area contributed by atoms with Gasteiger partial charge in [0, 0.05) is 34.2 Å². The summed E-state index contributed by atoms with van der Waals surface area (Å²) in [5.41, 5.74) is 1.00. The Morgan fingerprint density at radius 3 is 2.50 bits per heavy atom. The molecule has 2 heterocycles. The molecule has 0 amide bonds. The Morgan fingerprint density at radius 2 is 1.83 bits per heavy atom. The number of halogens is 1. The van der Waals surface area contributed by atoms with E-state index in [1.54, 1.807) is 24.5 Å². The highest BCUT2D eigenvalue weighted by Crippen LogP contribution is 2.17. The summed E-state index contributed by atoms with van der Waals surface area (Å²) in [5, 5.41) is 0. The van der Waals surface area contributed by atoms with E-state index >= 15 is 0 Å². The van der Waals surface area contributed by atoms with Crippen molar-refractivity contribution in [3.8, 4) is 5.75 Å². The lowest BCUT2D eigenvalue weighted by Crippen LogP contribution is -2.03. The van der Waals surface area contributed by atoms with Gasteiger partial charge in [-0.2, -0.15) is 0 Å². The molecule has 2 aromatic heterocycles. The lowest BCUT2D eigenvalue weighted by molar-refractivity contribution is 0.103. The Morgan fingerprint density at radius 1 is 1.17 bits per heavy atom. The van der Waals surface area contributed by atoms with Gasteiger partial charge in [-0.25, -0.2) is 0 Å². The molecule has 18 heavy (non-hydrogen) atoms. The van der Waals surface area contributed by atoms with Gasteiger partial charge in [-0.1, -0.05) is 0 Å². The van der Waals surface area contributed by atoms with Crippen LogP contribution in [0.5, 0.6) is 5.75 Å². The second-order valence-electron chi connectivity index (χ2n) is 3.56. The summed E-state index contributed by atoms with van der Waals surface area (Å²) in [6.45, 7) is 2.42. The smallest absolute Gasteiger partial charge is 0.196 e. The van der Waals surface area contributed by atoms with Crippen LogP contribution in [0.4, 0.5) is 0 Å². The van der Waals surface area contributed by atoms with Gasteiger partial charge >= 0.3 is 0 Å². The molecule has 0 radical (unpaired) electrons. The minimum atomic E-state index is -0.127. The molecule has 4 nitrogen and oxygen atoms in total. The van der Waals surface area contributed by atoms with Crippen molar-refractivity contribution < 1.29 is 9.53 Å². The van der Waals surface area contributed by atoms with E-state index < -0.39 is 0 Å². The average Bonchev–Trinajstić information content (AvgIpc) is 2.39. The van der Waals surface area contributed by atoms with E-state index in [1.165, 1.54) is 12.4 Å². The van der Waals surface area contributed by atoms with E-state index in [4.69, 9.17) is 4.74 Å². The van der Waals surface area contributed by atoms with E-state index in [-0.39, 0.29) is 5.78 Å². The van der Waals surface area contributed by atoms with E-state index in [0.29, 0.717) is 23.5 Å². The predicted molar refractivity (Wildman–Crippen MR) is 70.8 cm³/mol. The molecule has 92 valence electrons. The van der Waals surface area contributed by atoms with Crippen LogP contribution in [0.2, 0.25) is 0 Å². The van der Waals surface area contributed by atoms with E-state index in [0.717, 1.165) is 4.47 Å². The average molecular weight is 307 g/mol. The monoisotopic (exact) mass is 306 g/mol. The van der Waals surface area contributed by atoms with Crippen LogP contribution in [0.15, 0.2) is 41.4 Å². The van der Waals surface area contributed by atoms with Crippen molar-refractivity contribution in [1.29, 1.82) is 0 Å². The summed E-state index contributed by atoms with van der Waals surface area (Å²) in [6, 6.07) is 3.41. The molecule has 0 bridgehead atoms. The van der Waals surface area contributed by atoms with Crippen LogP contribution < -0.4 is 4.74 Å². The largest absolute Gasteiger partial charge is 0.492 e. The van der Waals surface area contributed by atoms with Gasteiger partial charge in [0.2, 0.25) is 0 Å². The van der Waals surface area contributed by atoms with Gasteiger partial charge in [0.25, 0.3) is 0 Å². The maximum atomic E-state index is 12.2. The highest BCUT2D eigenvalue weighted by molar-refractivity contribution is 9.10. The lowest BCUT2D eigenvalue weighted by atomic mass is 10.1. The number of carbonyl (C=O) groups excluding carboxylic acids is 1. The summed E-state index contributed by atoms with van der Waals surface area (Å²) in [6.07, 6.45) is 6.26. The number of ketones is 1. The quantitative estimate of drug-likeness (QED) is 0.815. The first-order chi connectivity index (χ1) is 8.70. The number of carbonyl (C=O) groups is 1. The topological polar surface area (TPSA) is 52.1 Å². The molecule has 0 atom stereocenters. The number of ether oxygens (including phenoxy) is 1. The van der Waals surface area contributed by atoms with Gasteiger partial charge in [0.1, 0.15) is 5.75 Å². The minimum absolute atomic E-state index is 0.127. The molecule has 0 spiro atoms. The van der Waals surface area contributed by atoms with Crippen LogP contribution in [0.3, 0.4) is 0 Å². The summed E-state index contributed by atoms with van der Waals surface area (Å²) < 4.78 is 6.08. The highest BCUT2D eigenvalue weighted by atomic mass is 79.9. The van der Waals surface area contributed by atoms with Gasteiger partial charge in [-0.05, 0) is 35.0 Å². The van der Waals surface area contributed by atoms with Gasteiger partial charge in [-0.15, -0.1) is 0 Å². The molecule has 0 aromatic carbocycles. The zero-order chi connectivity index (χ0) is 13.0. The predicted octanol–water partition coefficient (Wildman–Crippen LogP) is 2.87. The summed E-state index contributed by atoms with van der Waals surface area (Å²) in [4.78, 5) is 20.2. The van der Waals surface area contributed by atoms with E-state index in [1.807, 2.05) is 6.92 Å². The Balaban J connectivity index is 2.31. The zero-order valence-corrected chi connectivity index (χ0v) is 11.3. The second kappa shape index (κ2) is 5.73. The Hall–Kier alpha value is -1.75. The standard InChI is InChI=1S/C13H11BrN2O2/c1-2-18-12-4-10(6-16-8-12)13(17)9-3-11(14)7-15-5-9/h3-8H,2H2,1H3. The molecule has 0 aliphatic heterocycles. The number of hydrogen-bond donors (Lipinski definition) is 0. The van der Waals surface area contributed by atoms with Gasteiger partial charge < -0.3 is 4.74 Å². The fourth-order valence-electron chi connectivity index (χ4n) is 1.49. The lowest BCUT2D eigenvalue weighted by Gasteiger charge is -2.05. The van der Waals surface area contributed by atoms with Gasteiger partial charge in [0.15, 0.2) is 5.78 Å². The summed E-state index contributed by atoms with van der Waals surface area (Å²) in [7, 11) is 0. The van der Waals surface area contributed by atoms with Gasteiger partial charge in [0.05, 0.1) is 12.8 Å². The first kappa shape index (κ1) is 12.7. The first-order valence-electron chi connectivity index (χ1n) is 5.44. The van der Waals surface area contributed by atoms with Crippen molar-refractivity contribution in [2.45, 2.75) is 6.92 Å². The van der Waals surface area contributed by atoms with Crippen LogP contribution in [0.25, 0.3) is 0 Å². The van der Waals surface area contributed by atoms with Crippen molar-refractivity contribution in [2.24, 2.45) is 0 Å². The van der Waals surface area contributed by atoms with E-state index in [9.17, 15) is 4.79 Å². The zero-order valence-electron chi connectivity index (χ0n) is 9.76. The molecule has 2 rings (SSSR count). The highest BCUT2D eigenvalue weighted by Gasteiger charge is 2.11. The molecule has 0 unspecified atom stereocenters. The summed E-state index contributed by atoms with van der Waals surface area (Å²) >= 11 is 3.29. The fraction of sp³-hybridized carbons (Fsp3) is 0.154. The van der Waals surface area contributed by atoms with Crippen molar-refractivity contribution in [2.75, 3.05) is 6.61 Å². The third-order valence-corrected chi connectivity index (χ3v) is 2.69. The number of aromatic nitrogens is 2. The molecular weight excluding hydrogens is 296 g/mol. The Kier molecular flexibility index (Phi) is 4.04. The fourth-order valence-corrected chi connectivity index (χ4v) is 1.86.